The molecule has 0 aliphatic carbocycles. The number of hydrogen-bond acceptors (Lipinski definition) is 7. The lowest BCUT2D eigenvalue weighted by Gasteiger charge is -2.16. The van der Waals surface area contributed by atoms with Crippen molar-refractivity contribution >= 4 is 28.7 Å². The van der Waals surface area contributed by atoms with Crippen molar-refractivity contribution in [2.24, 2.45) is 0 Å². The molecule has 0 unspecified atom stereocenters. The van der Waals surface area contributed by atoms with Crippen molar-refractivity contribution in [1.29, 1.82) is 0 Å². The molecule has 0 saturated heterocycles. The molecule has 10 nitrogen and oxygen atoms in total. The molecular formula is C27H29ClN8O2. The van der Waals surface area contributed by atoms with Crippen molar-refractivity contribution in [3.8, 4) is 22.5 Å². The van der Waals surface area contributed by atoms with Crippen LogP contribution in [0.1, 0.15) is 75.7 Å². The lowest BCUT2D eigenvalue weighted by Crippen LogP contribution is -2.27. The largest absolute Gasteiger partial charge is 0.341 e. The number of fused-ring (bicyclic) bond motifs is 1. The molecule has 0 aliphatic rings. The second kappa shape index (κ2) is 9.68. The number of nitrogens with one attached hydrogen (secondary N) is 2. The van der Waals surface area contributed by atoms with Gasteiger partial charge in [-0.2, -0.15) is 10.1 Å². The van der Waals surface area contributed by atoms with Crippen LogP contribution in [0.4, 0.5) is 0 Å². The van der Waals surface area contributed by atoms with Crippen molar-refractivity contribution < 1.29 is 9.32 Å². The monoisotopic (exact) mass is 532 g/mol. The summed E-state index contributed by atoms with van der Waals surface area (Å²) in [7, 11) is 0. The van der Waals surface area contributed by atoms with Gasteiger partial charge in [-0.3, -0.25) is 9.48 Å². The van der Waals surface area contributed by atoms with E-state index < -0.39 is 5.91 Å². The van der Waals surface area contributed by atoms with Gasteiger partial charge in [-0.05, 0) is 44.0 Å². The zero-order chi connectivity index (χ0) is 27.2. The summed E-state index contributed by atoms with van der Waals surface area (Å²) in [6, 6.07) is 7.51. The molecule has 0 saturated carbocycles. The maximum atomic E-state index is 12.7. The molecule has 1 aromatic carbocycles. The van der Waals surface area contributed by atoms with Crippen LogP contribution in [0.25, 0.3) is 33.7 Å². The standard InChI is InChI=1S/C27H29ClN8O2/c1-14(2)36-13-17(12-30-36)22-32-21-19(9-10-29-23(21)33-22)16-7-8-18(20(28)11-16)15(3)31-24(37)25-34-26(35-38-25)27(4,5)6/h7-15H,1-6H3,(H,31,37)(H,29,32,33)/t15-/m0/s1. The van der Waals surface area contributed by atoms with Crippen LogP contribution in [-0.4, -0.2) is 40.8 Å². The number of nitrogens with zero attached hydrogens (tertiary/aromatic N) is 6. The molecule has 38 heavy (non-hydrogen) atoms. The molecule has 1 atom stereocenters. The molecule has 5 aromatic rings. The Morgan fingerprint density at radius 2 is 1.92 bits per heavy atom. The van der Waals surface area contributed by atoms with Crippen molar-refractivity contribution in [3.05, 3.63) is 65.2 Å². The number of hydrogen-bond donors (Lipinski definition) is 2. The first-order valence-electron chi connectivity index (χ1n) is 12.4. The van der Waals surface area contributed by atoms with E-state index in [2.05, 4.69) is 49.4 Å². The van der Waals surface area contributed by atoms with E-state index in [-0.39, 0.29) is 23.4 Å². The molecule has 1 amide bonds. The van der Waals surface area contributed by atoms with Crippen molar-refractivity contribution in [1.82, 2.24) is 40.2 Å². The fourth-order valence-corrected chi connectivity index (χ4v) is 4.38. The van der Waals surface area contributed by atoms with Crippen LogP contribution in [-0.2, 0) is 5.41 Å². The molecule has 196 valence electrons. The van der Waals surface area contributed by atoms with E-state index in [1.165, 1.54) is 0 Å². The molecule has 2 N–H and O–H groups in total. The van der Waals surface area contributed by atoms with Crippen molar-refractivity contribution in [2.75, 3.05) is 0 Å². The number of H-pyrrole nitrogens is 1. The van der Waals surface area contributed by atoms with E-state index in [1.807, 2.05) is 62.8 Å². The summed E-state index contributed by atoms with van der Waals surface area (Å²) in [5.41, 5.74) is 4.53. The normalized spacial score (nSPS) is 12.8. The highest BCUT2D eigenvalue weighted by atomic mass is 35.5. The predicted molar refractivity (Wildman–Crippen MR) is 145 cm³/mol. The number of carbonyl (C=O) groups is 1. The van der Waals surface area contributed by atoms with Crippen molar-refractivity contribution in [3.63, 3.8) is 0 Å². The summed E-state index contributed by atoms with van der Waals surface area (Å²) in [6.45, 7) is 11.8. The minimum absolute atomic E-state index is 0.0809. The van der Waals surface area contributed by atoms with Crippen LogP contribution < -0.4 is 5.32 Å². The molecule has 0 radical (unpaired) electrons. The summed E-state index contributed by atoms with van der Waals surface area (Å²) in [4.78, 5) is 29.4. The fourth-order valence-electron chi connectivity index (χ4n) is 4.03. The summed E-state index contributed by atoms with van der Waals surface area (Å²) >= 11 is 6.70. The maximum Gasteiger partial charge on any atom is 0.315 e. The third-order valence-electron chi connectivity index (χ3n) is 6.21. The first kappa shape index (κ1) is 25.6. The Balaban J connectivity index is 1.39. The van der Waals surface area contributed by atoms with Crippen LogP contribution in [0, 0.1) is 0 Å². The molecule has 4 aromatic heterocycles. The van der Waals surface area contributed by atoms with Gasteiger partial charge in [0, 0.05) is 34.4 Å². The molecule has 4 heterocycles. The van der Waals surface area contributed by atoms with Crippen LogP contribution >= 0.6 is 11.6 Å². The Morgan fingerprint density at radius 1 is 1.13 bits per heavy atom. The average Bonchev–Trinajstić information content (AvgIpc) is 3.62. The molecule has 0 aliphatic heterocycles. The first-order chi connectivity index (χ1) is 18.0. The van der Waals surface area contributed by atoms with E-state index in [4.69, 9.17) is 16.1 Å². The van der Waals surface area contributed by atoms with E-state index in [0.717, 1.165) is 27.8 Å². The molecule has 0 bridgehead atoms. The fraction of sp³-hybridized carbons (Fsp3) is 0.333. The zero-order valence-corrected chi connectivity index (χ0v) is 22.8. The quantitative estimate of drug-likeness (QED) is 0.279. The van der Waals surface area contributed by atoms with Gasteiger partial charge in [0.25, 0.3) is 0 Å². The van der Waals surface area contributed by atoms with E-state index in [9.17, 15) is 4.79 Å². The highest BCUT2D eigenvalue weighted by Crippen LogP contribution is 2.33. The summed E-state index contributed by atoms with van der Waals surface area (Å²) in [6.07, 6.45) is 5.47. The predicted octanol–water partition coefficient (Wildman–Crippen LogP) is 5.89. The number of rotatable bonds is 6. The molecule has 5 rings (SSSR count). The van der Waals surface area contributed by atoms with Gasteiger partial charge in [-0.25, -0.2) is 9.97 Å². The molecule has 0 fully saturated rings. The van der Waals surface area contributed by atoms with Gasteiger partial charge in [0.2, 0.25) is 0 Å². The van der Waals surface area contributed by atoms with Crippen LogP contribution in [0.15, 0.2) is 47.4 Å². The Morgan fingerprint density at radius 3 is 2.58 bits per heavy atom. The Bertz CT molecular complexity index is 1630. The van der Waals surface area contributed by atoms with Gasteiger partial charge in [-0.15, -0.1) is 0 Å². The number of amides is 1. The number of benzene rings is 1. The lowest BCUT2D eigenvalue weighted by atomic mass is 9.96. The van der Waals surface area contributed by atoms with Gasteiger partial charge >= 0.3 is 11.8 Å². The highest BCUT2D eigenvalue weighted by molar-refractivity contribution is 6.31. The number of halogens is 1. The van der Waals surface area contributed by atoms with Crippen LogP contribution in [0.2, 0.25) is 5.02 Å². The average molecular weight is 533 g/mol. The number of pyridine rings is 1. The third kappa shape index (κ3) is 4.91. The summed E-state index contributed by atoms with van der Waals surface area (Å²) in [5.74, 6) is 0.628. The summed E-state index contributed by atoms with van der Waals surface area (Å²) in [5, 5.41) is 11.7. The smallest absolute Gasteiger partial charge is 0.315 e. The van der Waals surface area contributed by atoms with E-state index in [1.54, 1.807) is 12.4 Å². The van der Waals surface area contributed by atoms with Gasteiger partial charge in [0.15, 0.2) is 11.5 Å². The Hall–Kier alpha value is -4.05. The zero-order valence-electron chi connectivity index (χ0n) is 22.1. The van der Waals surface area contributed by atoms with Gasteiger partial charge in [-0.1, -0.05) is 49.7 Å². The highest BCUT2D eigenvalue weighted by Gasteiger charge is 2.25. The van der Waals surface area contributed by atoms with Gasteiger partial charge in [0.05, 0.1) is 23.3 Å². The molecular weight excluding hydrogens is 504 g/mol. The summed E-state index contributed by atoms with van der Waals surface area (Å²) < 4.78 is 7.04. The number of carbonyl (C=O) groups excluding carboxylic acids is 1. The Labute approximate surface area is 224 Å². The molecule has 11 heteroatoms. The van der Waals surface area contributed by atoms with Crippen LogP contribution in [0.5, 0.6) is 0 Å². The number of aromatic amines is 1. The van der Waals surface area contributed by atoms with Gasteiger partial charge in [0.1, 0.15) is 5.82 Å². The van der Waals surface area contributed by atoms with Crippen molar-refractivity contribution in [2.45, 2.75) is 59.0 Å². The SMILES string of the molecule is CC(C)n1cc(-c2nc3nccc(-c4ccc([C@H](C)NC(=O)c5nc(C(C)(C)C)no5)c(Cl)c4)c3[nH]2)cn1. The second-order valence-corrected chi connectivity index (χ2v) is 11.0. The number of aromatic nitrogens is 7. The maximum absolute atomic E-state index is 12.7. The van der Waals surface area contributed by atoms with E-state index in [0.29, 0.717) is 22.3 Å². The minimum atomic E-state index is -0.456. The number of imidazole rings is 1. The lowest BCUT2D eigenvalue weighted by molar-refractivity contribution is 0.0895. The second-order valence-electron chi connectivity index (χ2n) is 10.5. The van der Waals surface area contributed by atoms with Crippen LogP contribution in [0.3, 0.4) is 0 Å². The van der Waals surface area contributed by atoms with Gasteiger partial charge < -0.3 is 14.8 Å². The third-order valence-corrected chi connectivity index (χ3v) is 6.54. The molecule has 0 spiro atoms. The van der Waals surface area contributed by atoms with E-state index >= 15 is 0 Å². The Kier molecular flexibility index (Phi) is 6.52. The minimum Gasteiger partial charge on any atom is -0.341 e. The topological polar surface area (TPSA) is 127 Å². The first-order valence-corrected chi connectivity index (χ1v) is 12.7.